The van der Waals surface area contributed by atoms with Crippen molar-refractivity contribution in [2.75, 3.05) is 13.2 Å². The van der Waals surface area contributed by atoms with Gasteiger partial charge in [0.2, 0.25) is 0 Å². The summed E-state index contributed by atoms with van der Waals surface area (Å²) in [6.07, 6.45) is 8.34. The minimum absolute atomic E-state index is 0.280. The summed E-state index contributed by atoms with van der Waals surface area (Å²) in [4.78, 5) is 5.54. The van der Waals surface area contributed by atoms with Crippen molar-refractivity contribution in [3.05, 3.63) is 0 Å². The fraction of sp³-hybridized carbons (Fsp3) is 1.00. The van der Waals surface area contributed by atoms with E-state index in [0.717, 1.165) is 37.1 Å². The SMILES string of the molecule is CC(C)(C)C1CC2CCC(C1)N2C(C)(C)C.CC(C)(C)C1CC2COCC(C1)N2C(C)(C)C. The van der Waals surface area contributed by atoms with Crippen molar-refractivity contribution in [2.45, 2.75) is 157 Å². The van der Waals surface area contributed by atoms with Crippen LogP contribution in [0.4, 0.5) is 0 Å². The van der Waals surface area contributed by atoms with Gasteiger partial charge in [-0.15, -0.1) is 0 Å². The van der Waals surface area contributed by atoms with E-state index in [0.29, 0.717) is 28.5 Å². The van der Waals surface area contributed by atoms with E-state index in [9.17, 15) is 0 Å². The summed E-state index contributed by atoms with van der Waals surface area (Å²) in [5, 5.41) is 0. The first-order chi connectivity index (χ1) is 14.9. The number of piperidine rings is 2. The summed E-state index contributed by atoms with van der Waals surface area (Å²) in [6.45, 7) is 30.5. The predicted octanol–water partition coefficient (Wildman–Crippen LogP) is 7.38. The molecule has 4 aliphatic rings. The van der Waals surface area contributed by atoms with E-state index in [-0.39, 0.29) is 5.54 Å². The third-order valence-electron chi connectivity index (χ3n) is 9.25. The van der Waals surface area contributed by atoms with Gasteiger partial charge in [-0.1, -0.05) is 41.5 Å². The molecule has 4 unspecified atom stereocenters. The minimum Gasteiger partial charge on any atom is -0.378 e. The normalized spacial score (nSPS) is 36.4. The number of nitrogens with zero attached hydrogens (tertiary/aromatic N) is 2. The molecule has 4 rings (SSSR count). The summed E-state index contributed by atoms with van der Waals surface area (Å²) in [5.41, 5.74) is 1.60. The molecular formula is C30H58N2O. The fourth-order valence-electron chi connectivity index (χ4n) is 7.70. The highest BCUT2D eigenvalue weighted by Crippen LogP contribution is 2.48. The van der Waals surface area contributed by atoms with Crippen molar-refractivity contribution >= 4 is 0 Å². The molecule has 0 aliphatic carbocycles. The Balaban J connectivity index is 0.000000186. The second kappa shape index (κ2) is 9.40. The van der Waals surface area contributed by atoms with Crippen LogP contribution in [0.15, 0.2) is 0 Å². The average molecular weight is 463 g/mol. The van der Waals surface area contributed by atoms with Crippen molar-refractivity contribution in [2.24, 2.45) is 22.7 Å². The predicted molar refractivity (Wildman–Crippen MR) is 143 cm³/mol. The van der Waals surface area contributed by atoms with Gasteiger partial charge in [0.15, 0.2) is 0 Å². The number of morpholine rings is 1. The van der Waals surface area contributed by atoms with Crippen LogP contribution in [-0.2, 0) is 4.74 Å². The van der Waals surface area contributed by atoms with Crippen LogP contribution in [0.2, 0.25) is 0 Å². The largest absolute Gasteiger partial charge is 0.378 e. The zero-order valence-corrected chi connectivity index (χ0v) is 24.4. The average Bonchev–Trinajstić information content (AvgIpc) is 2.90. The van der Waals surface area contributed by atoms with Gasteiger partial charge in [-0.3, -0.25) is 9.80 Å². The van der Waals surface area contributed by atoms with Crippen LogP contribution in [0.1, 0.15) is 122 Å². The lowest BCUT2D eigenvalue weighted by molar-refractivity contribution is -0.135. The first-order valence-electron chi connectivity index (χ1n) is 14.0. The van der Waals surface area contributed by atoms with Gasteiger partial charge in [-0.2, -0.15) is 0 Å². The molecule has 0 radical (unpaired) electrons. The van der Waals surface area contributed by atoms with Crippen molar-refractivity contribution in [1.82, 2.24) is 9.80 Å². The van der Waals surface area contributed by atoms with Crippen LogP contribution in [0.5, 0.6) is 0 Å². The lowest BCUT2D eigenvalue weighted by Crippen LogP contribution is -2.64. The lowest BCUT2D eigenvalue weighted by atomic mass is 9.70. The van der Waals surface area contributed by atoms with Crippen LogP contribution in [0, 0.1) is 22.7 Å². The molecule has 4 bridgehead atoms. The monoisotopic (exact) mass is 462 g/mol. The number of ether oxygens (including phenoxy) is 1. The Morgan fingerprint density at radius 1 is 0.485 bits per heavy atom. The van der Waals surface area contributed by atoms with Gasteiger partial charge in [0.1, 0.15) is 0 Å². The molecule has 3 nitrogen and oxygen atoms in total. The molecule has 194 valence electrons. The topological polar surface area (TPSA) is 15.7 Å². The molecule has 4 fully saturated rings. The van der Waals surface area contributed by atoms with Gasteiger partial charge in [-0.25, -0.2) is 0 Å². The Bertz CT molecular complexity index is 616. The van der Waals surface area contributed by atoms with E-state index < -0.39 is 0 Å². The maximum absolute atomic E-state index is 5.78. The molecule has 4 saturated heterocycles. The van der Waals surface area contributed by atoms with Gasteiger partial charge in [0, 0.05) is 35.2 Å². The van der Waals surface area contributed by atoms with Gasteiger partial charge < -0.3 is 4.74 Å². The molecule has 4 heterocycles. The molecule has 0 spiro atoms. The first kappa shape index (κ1) is 27.5. The third-order valence-corrected chi connectivity index (χ3v) is 9.25. The molecule has 4 atom stereocenters. The zero-order chi connectivity index (χ0) is 25.0. The highest BCUT2D eigenvalue weighted by atomic mass is 16.5. The Labute approximate surface area is 207 Å². The molecule has 33 heavy (non-hydrogen) atoms. The van der Waals surface area contributed by atoms with E-state index in [1.807, 2.05) is 0 Å². The number of hydrogen-bond acceptors (Lipinski definition) is 3. The van der Waals surface area contributed by atoms with Crippen LogP contribution in [0.25, 0.3) is 0 Å². The highest BCUT2D eigenvalue weighted by Gasteiger charge is 2.48. The first-order valence-corrected chi connectivity index (χ1v) is 14.0. The maximum atomic E-state index is 5.78. The van der Waals surface area contributed by atoms with Crippen molar-refractivity contribution < 1.29 is 4.74 Å². The molecule has 0 aromatic carbocycles. The summed E-state index contributed by atoms with van der Waals surface area (Å²) < 4.78 is 5.78. The molecule has 4 aliphatic heterocycles. The van der Waals surface area contributed by atoms with Crippen molar-refractivity contribution in [1.29, 1.82) is 0 Å². The van der Waals surface area contributed by atoms with E-state index in [4.69, 9.17) is 4.74 Å². The zero-order valence-electron chi connectivity index (χ0n) is 24.4. The van der Waals surface area contributed by atoms with E-state index in [2.05, 4.69) is 92.9 Å². The Morgan fingerprint density at radius 3 is 1.09 bits per heavy atom. The Kier molecular flexibility index (Phi) is 7.82. The third kappa shape index (κ3) is 6.36. The van der Waals surface area contributed by atoms with Crippen molar-refractivity contribution in [3.63, 3.8) is 0 Å². The highest BCUT2D eigenvalue weighted by molar-refractivity contribution is 5.02. The van der Waals surface area contributed by atoms with E-state index >= 15 is 0 Å². The standard InChI is InChI=1S/C15H29NO.C15H29N/c1-14(2,3)11-7-12-9-17-10-13(8-11)16(12)15(4,5)6;1-14(2,3)11-9-12-7-8-13(10-11)16(12)15(4,5)6/h11-13H,7-10H2,1-6H3;11-13H,7-10H2,1-6H3. The van der Waals surface area contributed by atoms with Crippen molar-refractivity contribution in [3.8, 4) is 0 Å². The number of fused-ring (bicyclic) bond motifs is 4. The lowest BCUT2D eigenvalue weighted by Gasteiger charge is -2.56. The number of rotatable bonds is 0. The summed E-state index contributed by atoms with van der Waals surface area (Å²) >= 11 is 0. The van der Waals surface area contributed by atoms with Gasteiger partial charge in [0.05, 0.1) is 13.2 Å². The Hall–Kier alpha value is -0.120. The molecule has 0 saturated carbocycles. The van der Waals surface area contributed by atoms with Gasteiger partial charge in [-0.05, 0) is 103 Å². The molecule has 0 aromatic rings. The van der Waals surface area contributed by atoms with E-state index in [1.165, 1.54) is 38.5 Å². The van der Waals surface area contributed by atoms with Crippen LogP contribution in [0.3, 0.4) is 0 Å². The summed E-state index contributed by atoms with van der Waals surface area (Å²) in [6, 6.07) is 2.99. The van der Waals surface area contributed by atoms with Crippen LogP contribution >= 0.6 is 0 Å². The second-order valence-corrected chi connectivity index (χ2v) is 16.0. The minimum atomic E-state index is 0.280. The second-order valence-electron chi connectivity index (χ2n) is 16.0. The summed E-state index contributed by atoms with van der Waals surface area (Å²) in [7, 11) is 0. The maximum Gasteiger partial charge on any atom is 0.0623 e. The molecule has 0 N–H and O–H groups in total. The van der Waals surface area contributed by atoms with Gasteiger partial charge >= 0.3 is 0 Å². The summed E-state index contributed by atoms with van der Waals surface area (Å²) in [5.74, 6) is 1.78. The van der Waals surface area contributed by atoms with Gasteiger partial charge in [0.25, 0.3) is 0 Å². The molecular weight excluding hydrogens is 404 g/mol. The molecule has 0 amide bonds. The molecule has 0 aromatic heterocycles. The Morgan fingerprint density at radius 2 is 0.788 bits per heavy atom. The quantitative estimate of drug-likeness (QED) is 0.373. The fourth-order valence-corrected chi connectivity index (χ4v) is 7.70. The smallest absolute Gasteiger partial charge is 0.0623 e. The van der Waals surface area contributed by atoms with Crippen LogP contribution < -0.4 is 0 Å². The number of hydrogen-bond donors (Lipinski definition) is 0. The molecule has 3 heteroatoms. The van der Waals surface area contributed by atoms with Crippen LogP contribution in [-0.4, -0.2) is 58.3 Å². The van der Waals surface area contributed by atoms with E-state index in [1.54, 1.807) is 0 Å².